The lowest BCUT2D eigenvalue weighted by Gasteiger charge is -2.07. The van der Waals surface area contributed by atoms with Crippen molar-refractivity contribution in [3.05, 3.63) is 64.7 Å². The minimum atomic E-state index is -0.285. The summed E-state index contributed by atoms with van der Waals surface area (Å²) < 4.78 is 0. The number of hydrogen-bond acceptors (Lipinski definition) is 5. The van der Waals surface area contributed by atoms with Crippen molar-refractivity contribution in [3.8, 4) is 0 Å². The molecule has 0 bridgehead atoms. The first-order valence-electron chi connectivity index (χ1n) is 8.39. The summed E-state index contributed by atoms with van der Waals surface area (Å²) in [5.41, 5.74) is 4.94. The van der Waals surface area contributed by atoms with Crippen LogP contribution in [0.2, 0.25) is 0 Å². The van der Waals surface area contributed by atoms with Gasteiger partial charge in [0.05, 0.1) is 0 Å². The van der Waals surface area contributed by atoms with Gasteiger partial charge in [0.25, 0.3) is 5.91 Å². The largest absolute Gasteiger partial charge is 0.331 e. The maximum Gasteiger partial charge on any atom is 0.275 e. The summed E-state index contributed by atoms with van der Waals surface area (Å²) in [6, 6.07) is 13.0. The number of carbonyl (C=O) groups is 2. The predicted molar refractivity (Wildman–Crippen MR) is 110 cm³/mol. The number of nitrogens with one attached hydrogen (secondary N) is 3. The Morgan fingerprint density at radius 1 is 0.963 bits per heavy atom. The van der Waals surface area contributed by atoms with Gasteiger partial charge in [0.1, 0.15) is 5.69 Å². The molecule has 27 heavy (non-hydrogen) atoms. The second kappa shape index (κ2) is 8.01. The molecule has 0 saturated carbocycles. The Labute approximate surface area is 161 Å². The second-order valence-electron chi connectivity index (χ2n) is 6.19. The summed E-state index contributed by atoms with van der Waals surface area (Å²) in [4.78, 5) is 27.8. The molecule has 0 radical (unpaired) electrons. The van der Waals surface area contributed by atoms with Crippen molar-refractivity contribution < 1.29 is 9.59 Å². The summed E-state index contributed by atoms with van der Waals surface area (Å²) in [7, 11) is 0. The third-order valence-electron chi connectivity index (χ3n) is 3.82. The summed E-state index contributed by atoms with van der Waals surface area (Å²) in [6.07, 6.45) is 0. The highest BCUT2D eigenvalue weighted by atomic mass is 32.1. The highest BCUT2D eigenvalue weighted by Gasteiger charge is 2.12. The number of benzene rings is 2. The zero-order valence-corrected chi connectivity index (χ0v) is 16.1. The average Bonchev–Trinajstić information content (AvgIpc) is 3.07. The molecule has 0 spiro atoms. The SMILES string of the molecule is CC(=O)Nc1ccc(NC(=O)c2csc(Nc3ccc(C)cc3C)n2)cc1. The van der Waals surface area contributed by atoms with E-state index in [1.165, 1.54) is 23.8 Å². The fourth-order valence-corrected chi connectivity index (χ4v) is 3.24. The molecule has 0 atom stereocenters. The van der Waals surface area contributed by atoms with E-state index in [1.54, 1.807) is 29.6 Å². The lowest BCUT2D eigenvalue weighted by atomic mass is 10.1. The van der Waals surface area contributed by atoms with Gasteiger partial charge in [-0.2, -0.15) is 0 Å². The van der Waals surface area contributed by atoms with Gasteiger partial charge in [0, 0.05) is 29.4 Å². The molecule has 138 valence electrons. The first kappa shape index (κ1) is 18.6. The van der Waals surface area contributed by atoms with Crippen molar-refractivity contribution in [2.45, 2.75) is 20.8 Å². The number of carbonyl (C=O) groups excluding carboxylic acids is 2. The molecule has 7 heteroatoms. The van der Waals surface area contributed by atoms with E-state index in [4.69, 9.17) is 0 Å². The summed E-state index contributed by atoms with van der Waals surface area (Å²) in [6.45, 7) is 5.52. The van der Waals surface area contributed by atoms with E-state index in [0.29, 0.717) is 22.2 Å². The number of anilines is 4. The molecule has 1 aromatic heterocycles. The van der Waals surface area contributed by atoms with Crippen LogP contribution < -0.4 is 16.0 Å². The Balaban J connectivity index is 1.65. The topological polar surface area (TPSA) is 83.1 Å². The fourth-order valence-electron chi connectivity index (χ4n) is 2.54. The Morgan fingerprint density at radius 2 is 1.63 bits per heavy atom. The number of hydrogen-bond donors (Lipinski definition) is 3. The van der Waals surface area contributed by atoms with Gasteiger partial charge < -0.3 is 16.0 Å². The molecule has 2 amide bonds. The number of aromatic nitrogens is 1. The molecular formula is C20H20N4O2S. The van der Waals surface area contributed by atoms with Crippen LogP contribution in [-0.2, 0) is 4.79 Å². The Kier molecular flexibility index (Phi) is 5.52. The molecule has 3 rings (SSSR count). The molecule has 0 aliphatic carbocycles. The van der Waals surface area contributed by atoms with Crippen LogP contribution in [0.3, 0.4) is 0 Å². The van der Waals surface area contributed by atoms with Crippen LogP contribution in [-0.4, -0.2) is 16.8 Å². The van der Waals surface area contributed by atoms with Gasteiger partial charge in [-0.3, -0.25) is 9.59 Å². The molecular weight excluding hydrogens is 360 g/mol. The van der Waals surface area contributed by atoms with Crippen LogP contribution in [0.4, 0.5) is 22.2 Å². The maximum atomic E-state index is 12.4. The zero-order valence-electron chi connectivity index (χ0n) is 15.3. The first-order valence-corrected chi connectivity index (χ1v) is 9.27. The molecule has 0 fully saturated rings. The normalized spacial score (nSPS) is 10.3. The third kappa shape index (κ3) is 4.92. The van der Waals surface area contributed by atoms with E-state index in [2.05, 4.69) is 27.0 Å². The van der Waals surface area contributed by atoms with Gasteiger partial charge in [0.2, 0.25) is 5.91 Å². The number of amides is 2. The van der Waals surface area contributed by atoms with Crippen LogP contribution in [0, 0.1) is 13.8 Å². The molecule has 2 aromatic carbocycles. The molecule has 0 aliphatic rings. The van der Waals surface area contributed by atoms with Crippen molar-refractivity contribution in [1.29, 1.82) is 0 Å². The number of aryl methyl sites for hydroxylation is 2. The molecule has 0 saturated heterocycles. The van der Waals surface area contributed by atoms with Gasteiger partial charge >= 0.3 is 0 Å². The van der Waals surface area contributed by atoms with Crippen LogP contribution in [0.25, 0.3) is 0 Å². The van der Waals surface area contributed by atoms with Gasteiger partial charge in [0.15, 0.2) is 5.13 Å². The van der Waals surface area contributed by atoms with E-state index >= 15 is 0 Å². The Bertz CT molecular complexity index is 980. The highest BCUT2D eigenvalue weighted by Crippen LogP contribution is 2.24. The molecule has 1 heterocycles. The number of thiazole rings is 1. The lowest BCUT2D eigenvalue weighted by Crippen LogP contribution is -2.12. The highest BCUT2D eigenvalue weighted by molar-refractivity contribution is 7.14. The van der Waals surface area contributed by atoms with Crippen LogP contribution in [0.1, 0.15) is 28.5 Å². The van der Waals surface area contributed by atoms with Gasteiger partial charge in [-0.25, -0.2) is 4.98 Å². The zero-order chi connectivity index (χ0) is 19.4. The van der Waals surface area contributed by atoms with Crippen LogP contribution >= 0.6 is 11.3 Å². The monoisotopic (exact) mass is 380 g/mol. The minimum Gasteiger partial charge on any atom is -0.331 e. The standard InChI is InChI=1S/C20H20N4O2S/c1-12-4-9-17(13(2)10-12)23-20-24-18(11-27-20)19(26)22-16-7-5-15(6-8-16)21-14(3)25/h4-11H,1-3H3,(H,21,25)(H,22,26)(H,23,24). The Hall–Kier alpha value is -3.19. The summed E-state index contributed by atoms with van der Waals surface area (Å²) >= 11 is 1.37. The second-order valence-corrected chi connectivity index (χ2v) is 7.05. The van der Waals surface area contributed by atoms with Crippen molar-refractivity contribution in [2.24, 2.45) is 0 Å². The van der Waals surface area contributed by atoms with Crippen LogP contribution in [0.15, 0.2) is 47.8 Å². The van der Waals surface area contributed by atoms with E-state index in [-0.39, 0.29) is 11.8 Å². The minimum absolute atomic E-state index is 0.141. The van der Waals surface area contributed by atoms with Crippen molar-refractivity contribution in [1.82, 2.24) is 4.98 Å². The van der Waals surface area contributed by atoms with Crippen molar-refractivity contribution in [3.63, 3.8) is 0 Å². The molecule has 6 nitrogen and oxygen atoms in total. The van der Waals surface area contributed by atoms with Gasteiger partial charge in [-0.05, 0) is 49.7 Å². The molecule has 3 aromatic rings. The van der Waals surface area contributed by atoms with E-state index < -0.39 is 0 Å². The van der Waals surface area contributed by atoms with Crippen LogP contribution in [0.5, 0.6) is 0 Å². The predicted octanol–water partition coefficient (Wildman–Crippen LogP) is 4.71. The quantitative estimate of drug-likeness (QED) is 0.598. The van der Waals surface area contributed by atoms with Gasteiger partial charge in [-0.1, -0.05) is 17.7 Å². The van der Waals surface area contributed by atoms with E-state index in [1.807, 2.05) is 26.0 Å². The smallest absolute Gasteiger partial charge is 0.275 e. The average molecular weight is 380 g/mol. The first-order chi connectivity index (χ1) is 12.9. The van der Waals surface area contributed by atoms with Crippen molar-refractivity contribution >= 4 is 45.3 Å². The van der Waals surface area contributed by atoms with Gasteiger partial charge in [-0.15, -0.1) is 11.3 Å². The fraction of sp³-hybridized carbons (Fsp3) is 0.150. The maximum absolute atomic E-state index is 12.4. The third-order valence-corrected chi connectivity index (χ3v) is 4.58. The van der Waals surface area contributed by atoms with Crippen molar-refractivity contribution in [2.75, 3.05) is 16.0 Å². The molecule has 0 aliphatic heterocycles. The lowest BCUT2D eigenvalue weighted by molar-refractivity contribution is -0.114. The Morgan fingerprint density at radius 3 is 2.26 bits per heavy atom. The molecule has 0 unspecified atom stereocenters. The summed E-state index contributed by atoms with van der Waals surface area (Å²) in [5.74, 6) is -0.426. The molecule has 3 N–H and O–H groups in total. The number of rotatable bonds is 5. The number of nitrogens with zero attached hydrogens (tertiary/aromatic N) is 1. The van der Waals surface area contributed by atoms with E-state index in [0.717, 1.165) is 11.3 Å². The summed E-state index contributed by atoms with van der Waals surface area (Å²) in [5, 5.41) is 11.1. The van der Waals surface area contributed by atoms with E-state index in [9.17, 15) is 9.59 Å².